The van der Waals surface area contributed by atoms with Gasteiger partial charge in [-0.2, -0.15) is 0 Å². The van der Waals surface area contributed by atoms with Gasteiger partial charge in [0.25, 0.3) is 0 Å². The lowest BCUT2D eigenvalue weighted by Crippen LogP contribution is -1.90. The van der Waals surface area contributed by atoms with Crippen LogP contribution in [0.5, 0.6) is 0 Å². The van der Waals surface area contributed by atoms with Crippen LogP contribution in [-0.2, 0) is 12.8 Å². The van der Waals surface area contributed by atoms with Crippen LogP contribution in [0.25, 0.3) is 11.7 Å². The number of hydrogen-bond acceptors (Lipinski definition) is 0. The van der Waals surface area contributed by atoms with Gasteiger partial charge in [0.1, 0.15) is 0 Å². The molecule has 0 saturated heterocycles. The van der Waals surface area contributed by atoms with E-state index in [1.807, 2.05) is 13.8 Å². The average molecular weight is 362 g/mol. The second-order valence-corrected chi connectivity index (χ2v) is 6.15. The van der Waals surface area contributed by atoms with Crippen LogP contribution < -0.4 is 0 Å². The molecule has 0 bridgehead atoms. The molecule has 0 aliphatic carbocycles. The molecule has 0 spiro atoms. The molecule has 2 aromatic carbocycles. The first-order chi connectivity index (χ1) is 12.5. The Morgan fingerprint density at radius 1 is 0.577 bits per heavy atom. The summed E-state index contributed by atoms with van der Waals surface area (Å²) in [5.74, 6) is -6.49. The van der Waals surface area contributed by atoms with Crippen LogP contribution in [0, 0.1) is 0 Å². The number of halogens is 4. The van der Waals surface area contributed by atoms with Crippen LogP contribution >= 0.6 is 0 Å². The molecule has 0 atom stereocenters. The Morgan fingerprint density at radius 3 is 1.15 bits per heavy atom. The highest BCUT2D eigenvalue weighted by molar-refractivity contribution is 5.71. The third-order valence-electron chi connectivity index (χ3n) is 4.07. The second-order valence-electron chi connectivity index (χ2n) is 6.15. The lowest BCUT2D eigenvalue weighted by atomic mass is 10.1. The summed E-state index contributed by atoms with van der Waals surface area (Å²) in [6.45, 7) is 4.01. The molecule has 0 N–H and O–H groups in total. The molecule has 0 fully saturated rings. The predicted octanol–water partition coefficient (Wildman–Crippen LogP) is 7.51. The Balaban J connectivity index is 2.30. The maximum atomic E-state index is 14.2. The molecule has 0 saturated carbocycles. The molecule has 2 aromatic rings. The summed E-state index contributed by atoms with van der Waals surface area (Å²) in [4.78, 5) is 0. The smallest absolute Gasteiger partial charge is 0.198 e. The fourth-order valence-corrected chi connectivity index (χ4v) is 2.66. The number of allylic oxidation sites excluding steroid dienone is 2. The van der Waals surface area contributed by atoms with Gasteiger partial charge in [0.15, 0.2) is 23.3 Å². The third-order valence-corrected chi connectivity index (χ3v) is 4.07. The normalized spacial score (nSPS) is 13.3. The van der Waals surface area contributed by atoms with Crippen molar-refractivity contribution in [3.63, 3.8) is 0 Å². The summed E-state index contributed by atoms with van der Waals surface area (Å²) in [7, 11) is 0. The molecular weight excluding hydrogens is 340 g/mol. The molecule has 4 heteroatoms. The zero-order chi connectivity index (χ0) is 19.1. The minimum absolute atomic E-state index is 0.122. The highest BCUT2D eigenvalue weighted by Crippen LogP contribution is 2.33. The van der Waals surface area contributed by atoms with Crippen molar-refractivity contribution >= 4 is 11.7 Å². The molecule has 0 heterocycles. The summed E-state index contributed by atoms with van der Waals surface area (Å²) < 4.78 is 56.6. The van der Waals surface area contributed by atoms with Gasteiger partial charge < -0.3 is 0 Å². The van der Waals surface area contributed by atoms with Crippen molar-refractivity contribution in [2.24, 2.45) is 0 Å². The Bertz CT molecular complexity index is 714. The summed E-state index contributed by atoms with van der Waals surface area (Å²) in [6, 6.07) is 12.1. The molecule has 0 unspecified atom stereocenters. The fraction of sp³-hybridized carbons (Fsp3) is 0.273. The lowest BCUT2D eigenvalue weighted by molar-refractivity contribution is 0.519. The van der Waals surface area contributed by atoms with Crippen molar-refractivity contribution in [1.29, 1.82) is 0 Å². The van der Waals surface area contributed by atoms with Gasteiger partial charge in [0, 0.05) is 11.1 Å². The van der Waals surface area contributed by atoms with Crippen LogP contribution in [0.2, 0.25) is 0 Å². The molecule has 0 nitrogen and oxygen atoms in total. The summed E-state index contributed by atoms with van der Waals surface area (Å²) in [6.07, 6.45) is 3.47. The number of aryl methyl sites for hydroxylation is 2. The maximum absolute atomic E-state index is 14.2. The third kappa shape index (κ3) is 4.84. The van der Waals surface area contributed by atoms with E-state index >= 15 is 0 Å². The van der Waals surface area contributed by atoms with Crippen LogP contribution in [-0.4, -0.2) is 0 Å². The van der Waals surface area contributed by atoms with Crippen LogP contribution in [0.15, 0.2) is 60.2 Å². The number of hydrogen-bond donors (Lipinski definition) is 0. The summed E-state index contributed by atoms with van der Waals surface area (Å²) in [5.41, 5.74) is 1.70. The zero-order valence-corrected chi connectivity index (χ0v) is 15.0. The van der Waals surface area contributed by atoms with Crippen molar-refractivity contribution in [3.05, 3.63) is 82.4 Å². The van der Waals surface area contributed by atoms with E-state index in [0.717, 1.165) is 36.8 Å². The summed E-state index contributed by atoms with van der Waals surface area (Å²) >= 11 is 0. The molecule has 0 radical (unpaired) electrons. The minimum atomic E-state index is -1.83. The van der Waals surface area contributed by atoms with E-state index in [-0.39, 0.29) is 11.1 Å². The Kier molecular flexibility index (Phi) is 7.19. The van der Waals surface area contributed by atoms with Gasteiger partial charge in [-0.3, -0.25) is 0 Å². The van der Waals surface area contributed by atoms with Gasteiger partial charge in [-0.05, 0) is 24.0 Å². The zero-order valence-electron chi connectivity index (χ0n) is 15.0. The van der Waals surface area contributed by atoms with Crippen molar-refractivity contribution in [1.82, 2.24) is 0 Å². The van der Waals surface area contributed by atoms with Crippen molar-refractivity contribution in [3.8, 4) is 0 Å². The van der Waals surface area contributed by atoms with E-state index in [2.05, 4.69) is 0 Å². The predicted molar refractivity (Wildman–Crippen MR) is 99.1 cm³/mol. The first-order valence-corrected chi connectivity index (χ1v) is 8.77. The Hall–Kier alpha value is -2.36. The molecule has 0 aliphatic rings. The van der Waals surface area contributed by atoms with Gasteiger partial charge in [-0.1, -0.05) is 75.2 Å². The van der Waals surface area contributed by atoms with Crippen molar-refractivity contribution in [2.45, 2.75) is 39.5 Å². The lowest BCUT2D eigenvalue weighted by Gasteiger charge is -2.05. The molecule has 0 amide bonds. The van der Waals surface area contributed by atoms with Gasteiger partial charge in [-0.25, -0.2) is 17.6 Å². The SMILES string of the molecule is CCCc1ccc(/C(F)=C(F)/C(F)=C(\F)c2ccc(CCC)cc2)cc1. The number of benzene rings is 2. The molecule has 0 aromatic heterocycles. The molecule has 0 aliphatic heterocycles. The van der Waals surface area contributed by atoms with E-state index in [1.165, 1.54) is 24.3 Å². The monoisotopic (exact) mass is 362 g/mol. The average Bonchev–Trinajstić information content (AvgIpc) is 2.67. The molecular formula is C22H22F4. The van der Waals surface area contributed by atoms with Crippen molar-refractivity contribution < 1.29 is 17.6 Å². The maximum Gasteiger partial charge on any atom is 0.198 e. The quantitative estimate of drug-likeness (QED) is 0.353. The van der Waals surface area contributed by atoms with Gasteiger partial charge in [0.05, 0.1) is 0 Å². The van der Waals surface area contributed by atoms with Crippen LogP contribution in [0.1, 0.15) is 48.9 Å². The second kappa shape index (κ2) is 9.37. The van der Waals surface area contributed by atoms with E-state index in [0.29, 0.717) is 0 Å². The molecule has 138 valence electrons. The Morgan fingerprint density at radius 2 is 0.885 bits per heavy atom. The van der Waals surface area contributed by atoms with E-state index in [1.54, 1.807) is 24.3 Å². The molecule has 26 heavy (non-hydrogen) atoms. The van der Waals surface area contributed by atoms with Crippen LogP contribution in [0.4, 0.5) is 17.6 Å². The van der Waals surface area contributed by atoms with Crippen LogP contribution in [0.3, 0.4) is 0 Å². The van der Waals surface area contributed by atoms with E-state index in [4.69, 9.17) is 0 Å². The van der Waals surface area contributed by atoms with Crippen molar-refractivity contribution in [2.75, 3.05) is 0 Å². The largest absolute Gasteiger partial charge is 0.203 e. The first-order valence-electron chi connectivity index (χ1n) is 8.77. The first kappa shape index (κ1) is 20.0. The minimum Gasteiger partial charge on any atom is -0.203 e. The van der Waals surface area contributed by atoms with E-state index < -0.39 is 23.3 Å². The van der Waals surface area contributed by atoms with Gasteiger partial charge in [0.2, 0.25) is 0 Å². The standard InChI is InChI=1S/C22H22F4/c1-3-5-15-7-11-17(12-8-15)19(23)21(25)22(26)20(24)18-13-9-16(6-4-2)10-14-18/h7-14H,3-6H2,1-2H3/b21-19+,22-20+. The highest BCUT2D eigenvalue weighted by atomic mass is 19.2. The fourth-order valence-electron chi connectivity index (χ4n) is 2.66. The highest BCUT2D eigenvalue weighted by Gasteiger charge is 2.19. The van der Waals surface area contributed by atoms with Gasteiger partial charge >= 0.3 is 0 Å². The van der Waals surface area contributed by atoms with E-state index in [9.17, 15) is 17.6 Å². The Labute approximate surface area is 151 Å². The number of rotatable bonds is 7. The molecule has 2 rings (SSSR count). The van der Waals surface area contributed by atoms with Gasteiger partial charge in [-0.15, -0.1) is 0 Å². The summed E-state index contributed by atoms with van der Waals surface area (Å²) in [5, 5.41) is 0. The topological polar surface area (TPSA) is 0 Å².